The lowest BCUT2D eigenvalue weighted by Gasteiger charge is -2.41. The Labute approximate surface area is 76.4 Å². The minimum Gasteiger partial charge on any atom is -0.352 e. The first-order valence-corrected chi connectivity index (χ1v) is 4.39. The molecule has 1 atom stereocenters. The van der Waals surface area contributed by atoms with Crippen molar-refractivity contribution in [2.24, 2.45) is 5.73 Å². The first kappa shape index (κ1) is 8.44. The third kappa shape index (κ3) is 1.49. The van der Waals surface area contributed by atoms with E-state index in [1.54, 1.807) is 6.07 Å². The van der Waals surface area contributed by atoms with Gasteiger partial charge in [0.2, 0.25) is 0 Å². The Balaban J connectivity index is 2.12. The zero-order valence-electron chi connectivity index (χ0n) is 7.28. The summed E-state index contributed by atoms with van der Waals surface area (Å²) >= 11 is 0. The van der Waals surface area contributed by atoms with Gasteiger partial charge < -0.3 is 10.6 Å². The summed E-state index contributed by atoms with van der Waals surface area (Å²) < 4.78 is 12.5. The van der Waals surface area contributed by atoms with E-state index in [0.717, 1.165) is 18.8 Å². The fourth-order valence-electron chi connectivity index (χ4n) is 1.53. The molecule has 2 N–H and O–H groups in total. The van der Waals surface area contributed by atoms with Crippen molar-refractivity contribution in [3.63, 3.8) is 0 Å². The summed E-state index contributed by atoms with van der Waals surface area (Å²) in [6.45, 7) is 1.61. The molecule has 1 aliphatic rings. The van der Waals surface area contributed by atoms with E-state index in [-0.39, 0.29) is 5.82 Å². The van der Waals surface area contributed by atoms with Gasteiger partial charge in [-0.2, -0.15) is 0 Å². The molecule has 1 aromatic heterocycles. The number of aromatic nitrogens is 1. The molecule has 0 radical (unpaired) electrons. The van der Waals surface area contributed by atoms with Crippen molar-refractivity contribution >= 4 is 5.82 Å². The fraction of sp³-hybridized carbons (Fsp3) is 0.444. The lowest BCUT2D eigenvalue weighted by molar-refractivity contribution is 0.451. The van der Waals surface area contributed by atoms with Crippen LogP contribution in [-0.2, 0) is 0 Å². The highest BCUT2D eigenvalue weighted by atomic mass is 19.1. The molecule has 0 bridgehead atoms. The third-order valence-corrected chi connectivity index (χ3v) is 2.42. The van der Waals surface area contributed by atoms with Crippen LogP contribution in [0.25, 0.3) is 0 Å². The van der Waals surface area contributed by atoms with Crippen molar-refractivity contribution in [3.05, 3.63) is 24.1 Å². The number of hydrogen-bond donors (Lipinski definition) is 1. The summed E-state index contributed by atoms with van der Waals surface area (Å²) in [5.41, 5.74) is 5.55. The van der Waals surface area contributed by atoms with Crippen LogP contribution in [0.5, 0.6) is 0 Å². The molecule has 0 saturated carbocycles. The average Bonchev–Trinajstić information content (AvgIpc) is 2.08. The predicted molar refractivity (Wildman–Crippen MR) is 49.0 cm³/mol. The second kappa shape index (κ2) is 3.30. The Morgan fingerprint density at radius 3 is 2.92 bits per heavy atom. The summed E-state index contributed by atoms with van der Waals surface area (Å²) in [6, 6.07) is 3.50. The highest BCUT2D eigenvalue weighted by Crippen LogP contribution is 2.23. The summed E-state index contributed by atoms with van der Waals surface area (Å²) in [5.74, 6) is 0.525. The first-order chi connectivity index (χ1) is 6.31. The minimum atomic E-state index is -0.298. The molecular formula is C9H12FN3. The van der Waals surface area contributed by atoms with Crippen LogP contribution in [0, 0.1) is 5.82 Å². The van der Waals surface area contributed by atoms with E-state index >= 15 is 0 Å². The van der Waals surface area contributed by atoms with Crippen LogP contribution in [0.15, 0.2) is 18.3 Å². The number of halogens is 1. The minimum absolute atomic E-state index is 0.298. The molecule has 4 heteroatoms. The maximum absolute atomic E-state index is 12.5. The molecule has 0 aromatic carbocycles. The molecule has 1 aromatic rings. The van der Waals surface area contributed by atoms with Crippen LogP contribution in [0.3, 0.4) is 0 Å². The largest absolute Gasteiger partial charge is 0.352 e. The molecule has 0 spiro atoms. The zero-order valence-corrected chi connectivity index (χ0v) is 7.28. The third-order valence-electron chi connectivity index (χ3n) is 2.42. The van der Waals surface area contributed by atoms with E-state index in [9.17, 15) is 4.39 Å². The number of hydrogen-bond acceptors (Lipinski definition) is 3. The molecular weight excluding hydrogens is 169 g/mol. The molecule has 70 valence electrons. The SMILES string of the molecule is NCC1CCN1c1ccc(F)cn1. The quantitative estimate of drug-likeness (QED) is 0.732. The van der Waals surface area contributed by atoms with Gasteiger partial charge in [-0.1, -0.05) is 0 Å². The predicted octanol–water partition coefficient (Wildman–Crippen LogP) is 0.758. The fourth-order valence-corrected chi connectivity index (χ4v) is 1.53. The van der Waals surface area contributed by atoms with Gasteiger partial charge in [-0.05, 0) is 18.6 Å². The van der Waals surface area contributed by atoms with Gasteiger partial charge >= 0.3 is 0 Å². The van der Waals surface area contributed by atoms with Gasteiger partial charge in [0, 0.05) is 19.1 Å². The Morgan fingerprint density at radius 1 is 1.62 bits per heavy atom. The molecule has 13 heavy (non-hydrogen) atoms. The number of nitrogens with zero attached hydrogens (tertiary/aromatic N) is 2. The Kier molecular flexibility index (Phi) is 2.14. The van der Waals surface area contributed by atoms with Gasteiger partial charge in [0.15, 0.2) is 0 Å². The van der Waals surface area contributed by atoms with Crippen molar-refractivity contribution in [1.29, 1.82) is 0 Å². The molecule has 2 rings (SSSR count). The van der Waals surface area contributed by atoms with E-state index < -0.39 is 0 Å². The van der Waals surface area contributed by atoms with Crippen molar-refractivity contribution in [3.8, 4) is 0 Å². The smallest absolute Gasteiger partial charge is 0.141 e. The second-order valence-electron chi connectivity index (χ2n) is 3.21. The zero-order chi connectivity index (χ0) is 9.26. The number of rotatable bonds is 2. The molecule has 3 nitrogen and oxygen atoms in total. The van der Waals surface area contributed by atoms with Crippen LogP contribution in [-0.4, -0.2) is 24.1 Å². The summed E-state index contributed by atoms with van der Waals surface area (Å²) in [4.78, 5) is 6.09. The molecule has 0 aliphatic carbocycles. The van der Waals surface area contributed by atoms with Crippen LogP contribution >= 0.6 is 0 Å². The van der Waals surface area contributed by atoms with Crippen LogP contribution in [0.4, 0.5) is 10.2 Å². The monoisotopic (exact) mass is 181 g/mol. The maximum atomic E-state index is 12.5. The number of anilines is 1. The van der Waals surface area contributed by atoms with E-state index in [1.165, 1.54) is 12.3 Å². The number of nitrogens with two attached hydrogens (primary N) is 1. The Bertz CT molecular complexity index is 283. The van der Waals surface area contributed by atoms with E-state index in [2.05, 4.69) is 9.88 Å². The summed E-state index contributed by atoms with van der Waals surface area (Å²) in [5, 5.41) is 0. The molecule has 2 heterocycles. The molecule has 1 unspecified atom stereocenters. The average molecular weight is 181 g/mol. The van der Waals surface area contributed by atoms with E-state index in [4.69, 9.17) is 5.73 Å². The first-order valence-electron chi connectivity index (χ1n) is 4.39. The van der Waals surface area contributed by atoms with Crippen molar-refractivity contribution < 1.29 is 4.39 Å². The molecule has 1 aliphatic heterocycles. The van der Waals surface area contributed by atoms with Crippen molar-refractivity contribution in [2.75, 3.05) is 18.0 Å². The summed E-state index contributed by atoms with van der Waals surface area (Å²) in [6.07, 6.45) is 2.34. The maximum Gasteiger partial charge on any atom is 0.141 e. The van der Waals surface area contributed by atoms with E-state index in [0.29, 0.717) is 12.6 Å². The van der Waals surface area contributed by atoms with Gasteiger partial charge in [0.25, 0.3) is 0 Å². The topological polar surface area (TPSA) is 42.1 Å². The Morgan fingerprint density at radius 2 is 2.46 bits per heavy atom. The second-order valence-corrected chi connectivity index (χ2v) is 3.21. The highest BCUT2D eigenvalue weighted by molar-refractivity contribution is 5.42. The molecule has 1 saturated heterocycles. The standard InChI is InChI=1S/C9H12FN3/c10-7-1-2-9(12-6-7)13-4-3-8(13)5-11/h1-2,6,8H,3-5,11H2. The van der Waals surface area contributed by atoms with Gasteiger partial charge in [-0.3, -0.25) is 0 Å². The van der Waals surface area contributed by atoms with Crippen LogP contribution in [0.2, 0.25) is 0 Å². The van der Waals surface area contributed by atoms with Crippen molar-refractivity contribution in [1.82, 2.24) is 4.98 Å². The lowest BCUT2D eigenvalue weighted by Crippen LogP contribution is -2.52. The van der Waals surface area contributed by atoms with Gasteiger partial charge in [0.05, 0.1) is 6.20 Å². The normalized spacial score (nSPS) is 21.4. The van der Waals surface area contributed by atoms with E-state index in [1.807, 2.05) is 0 Å². The summed E-state index contributed by atoms with van der Waals surface area (Å²) in [7, 11) is 0. The van der Waals surface area contributed by atoms with Crippen LogP contribution < -0.4 is 10.6 Å². The number of pyridine rings is 1. The lowest BCUT2D eigenvalue weighted by atomic mass is 10.0. The van der Waals surface area contributed by atoms with Gasteiger partial charge in [-0.25, -0.2) is 9.37 Å². The van der Waals surface area contributed by atoms with Crippen LogP contribution in [0.1, 0.15) is 6.42 Å². The van der Waals surface area contributed by atoms with Gasteiger partial charge in [-0.15, -0.1) is 0 Å². The Hall–Kier alpha value is -1.16. The molecule has 0 amide bonds. The highest BCUT2D eigenvalue weighted by Gasteiger charge is 2.27. The van der Waals surface area contributed by atoms with Gasteiger partial charge in [0.1, 0.15) is 11.6 Å². The van der Waals surface area contributed by atoms with Crippen molar-refractivity contribution in [2.45, 2.75) is 12.5 Å². The molecule has 1 fully saturated rings.